The van der Waals surface area contributed by atoms with E-state index in [0.717, 1.165) is 0 Å². The van der Waals surface area contributed by atoms with Crippen LogP contribution >= 0.6 is 0 Å². The standard InChI is InChI=1S/C21H35N/c1-17(18-12-9-8-10-13-18)22-15-11-14-21(16-22,19(2,3)4)20(5,6)7/h8-10,12-13,17H,11,14-16H2,1-7H3. The molecule has 0 radical (unpaired) electrons. The molecule has 0 aliphatic carbocycles. The lowest BCUT2D eigenvalue weighted by molar-refractivity contribution is -0.0975. The van der Waals surface area contributed by atoms with E-state index in [4.69, 9.17) is 0 Å². The third-order valence-corrected chi connectivity index (χ3v) is 6.22. The molecule has 1 aliphatic rings. The lowest BCUT2D eigenvalue weighted by Gasteiger charge is -2.59. The maximum Gasteiger partial charge on any atom is 0.0320 e. The van der Waals surface area contributed by atoms with Crippen molar-refractivity contribution in [2.75, 3.05) is 13.1 Å². The zero-order chi connectivity index (χ0) is 16.6. The van der Waals surface area contributed by atoms with Crippen molar-refractivity contribution in [1.29, 1.82) is 0 Å². The molecule has 1 heterocycles. The van der Waals surface area contributed by atoms with Gasteiger partial charge in [-0.15, -0.1) is 0 Å². The van der Waals surface area contributed by atoms with Crippen molar-refractivity contribution in [3.8, 4) is 0 Å². The summed E-state index contributed by atoms with van der Waals surface area (Å²) >= 11 is 0. The summed E-state index contributed by atoms with van der Waals surface area (Å²) in [6.45, 7) is 19.4. The highest BCUT2D eigenvalue weighted by Crippen LogP contribution is 2.57. The second-order valence-electron chi connectivity index (χ2n) is 9.24. The van der Waals surface area contributed by atoms with Gasteiger partial charge in [-0.2, -0.15) is 0 Å². The van der Waals surface area contributed by atoms with Crippen LogP contribution in [0.4, 0.5) is 0 Å². The average Bonchev–Trinajstić information content (AvgIpc) is 2.45. The second kappa shape index (κ2) is 6.00. The summed E-state index contributed by atoms with van der Waals surface area (Å²) in [6, 6.07) is 11.5. The average molecular weight is 302 g/mol. The summed E-state index contributed by atoms with van der Waals surface area (Å²) in [5.41, 5.74) is 2.45. The van der Waals surface area contributed by atoms with Gasteiger partial charge in [-0.3, -0.25) is 4.90 Å². The number of hydrogen-bond donors (Lipinski definition) is 0. The van der Waals surface area contributed by atoms with Crippen LogP contribution in [0.15, 0.2) is 30.3 Å². The summed E-state index contributed by atoms with van der Waals surface area (Å²) in [7, 11) is 0. The summed E-state index contributed by atoms with van der Waals surface area (Å²) in [5.74, 6) is 0. The van der Waals surface area contributed by atoms with E-state index in [2.05, 4.69) is 83.7 Å². The van der Waals surface area contributed by atoms with Crippen LogP contribution in [0.5, 0.6) is 0 Å². The molecule has 0 N–H and O–H groups in total. The first-order valence-electron chi connectivity index (χ1n) is 8.87. The summed E-state index contributed by atoms with van der Waals surface area (Å²) < 4.78 is 0. The Morgan fingerprint density at radius 3 is 2.00 bits per heavy atom. The van der Waals surface area contributed by atoms with E-state index in [0.29, 0.717) is 22.3 Å². The van der Waals surface area contributed by atoms with Gasteiger partial charge in [-0.25, -0.2) is 0 Å². The number of benzene rings is 1. The van der Waals surface area contributed by atoms with E-state index in [1.807, 2.05) is 0 Å². The first-order valence-corrected chi connectivity index (χ1v) is 8.87. The normalized spacial score (nSPS) is 21.6. The highest BCUT2D eigenvalue weighted by Gasteiger charge is 2.52. The van der Waals surface area contributed by atoms with Crippen LogP contribution in [0.1, 0.15) is 72.9 Å². The SMILES string of the molecule is CC(c1ccccc1)N1CCCC(C(C)(C)C)(C(C)(C)C)C1. The fourth-order valence-corrected chi connectivity index (χ4v) is 4.71. The molecule has 1 saturated heterocycles. The lowest BCUT2D eigenvalue weighted by atomic mass is 9.51. The molecule has 0 saturated carbocycles. The van der Waals surface area contributed by atoms with Crippen LogP contribution in [0.25, 0.3) is 0 Å². The minimum absolute atomic E-state index is 0.320. The Kier molecular flexibility index (Phi) is 4.78. The maximum absolute atomic E-state index is 2.72. The first kappa shape index (κ1) is 17.5. The number of likely N-dealkylation sites (tertiary alicyclic amines) is 1. The molecule has 1 heteroatoms. The monoisotopic (exact) mass is 301 g/mol. The number of hydrogen-bond acceptors (Lipinski definition) is 1. The molecule has 1 aromatic rings. The molecule has 0 amide bonds. The predicted octanol–water partition coefficient (Wildman–Crippen LogP) is 5.92. The zero-order valence-electron chi connectivity index (χ0n) is 15.7. The molecular weight excluding hydrogens is 266 g/mol. The third-order valence-electron chi connectivity index (χ3n) is 6.22. The van der Waals surface area contributed by atoms with Crippen molar-refractivity contribution < 1.29 is 0 Å². The Morgan fingerprint density at radius 2 is 1.50 bits per heavy atom. The Labute approximate surface area is 138 Å². The molecule has 1 aliphatic heterocycles. The topological polar surface area (TPSA) is 3.24 Å². The van der Waals surface area contributed by atoms with Crippen molar-refractivity contribution in [2.45, 2.75) is 67.3 Å². The highest BCUT2D eigenvalue weighted by atomic mass is 15.2. The summed E-state index contributed by atoms with van der Waals surface area (Å²) in [5, 5.41) is 0. The van der Waals surface area contributed by atoms with Crippen LogP contribution in [0.2, 0.25) is 0 Å². The van der Waals surface area contributed by atoms with Crippen LogP contribution in [-0.2, 0) is 0 Å². The van der Waals surface area contributed by atoms with E-state index in [-0.39, 0.29) is 0 Å². The van der Waals surface area contributed by atoms with E-state index < -0.39 is 0 Å². The van der Waals surface area contributed by atoms with E-state index in [1.165, 1.54) is 31.5 Å². The van der Waals surface area contributed by atoms with Crippen molar-refractivity contribution >= 4 is 0 Å². The molecular formula is C21H35N. The molecule has 1 unspecified atom stereocenters. The summed E-state index contributed by atoms with van der Waals surface area (Å²) in [4.78, 5) is 2.72. The molecule has 1 nitrogen and oxygen atoms in total. The van der Waals surface area contributed by atoms with Gasteiger partial charge in [0, 0.05) is 12.6 Å². The Bertz CT molecular complexity index is 461. The second-order valence-corrected chi connectivity index (χ2v) is 9.24. The van der Waals surface area contributed by atoms with Gasteiger partial charge < -0.3 is 0 Å². The van der Waals surface area contributed by atoms with Gasteiger partial charge in [0.15, 0.2) is 0 Å². The largest absolute Gasteiger partial charge is 0.296 e. The van der Waals surface area contributed by atoms with Gasteiger partial charge in [-0.05, 0) is 48.1 Å². The minimum atomic E-state index is 0.320. The van der Waals surface area contributed by atoms with Gasteiger partial charge in [0.2, 0.25) is 0 Å². The van der Waals surface area contributed by atoms with E-state index >= 15 is 0 Å². The van der Waals surface area contributed by atoms with Crippen LogP contribution in [0.3, 0.4) is 0 Å². The lowest BCUT2D eigenvalue weighted by Crippen LogP contribution is -2.56. The van der Waals surface area contributed by atoms with Crippen LogP contribution in [0, 0.1) is 16.2 Å². The zero-order valence-corrected chi connectivity index (χ0v) is 15.7. The summed E-state index contributed by atoms with van der Waals surface area (Å²) in [6.07, 6.45) is 2.66. The van der Waals surface area contributed by atoms with Gasteiger partial charge >= 0.3 is 0 Å². The van der Waals surface area contributed by atoms with Crippen LogP contribution in [-0.4, -0.2) is 18.0 Å². The number of nitrogens with zero attached hydrogens (tertiary/aromatic N) is 1. The number of piperidine rings is 1. The molecule has 2 rings (SSSR count). The van der Waals surface area contributed by atoms with Crippen molar-refractivity contribution in [3.63, 3.8) is 0 Å². The minimum Gasteiger partial charge on any atom is -0.296 e. The molecule has 0 spiro atoms. The quantitative estimate of drug-likeness (QED) is 0.655. The Morgan fingerprint density at radius 1 is 0.955 bits per heavy atom. The molecule has 22 heavy (non-hydrogen) atoms. The predicted molar refractivity (Wildman–Crippen MR) is 97.0 cm³/mol. The number of rotatable bonds is 2. The van der Waals surface area contributed by atoms with E-state index in [1.54, 1.807) is 0 Å². The molecule has 1 fully saturated rings. The van der Waals surface area contributed by atoms with Gasteiger partial charge in [0.1, 0.15) is 0 Å². The molecule has 1 aromatic carbocycles. The maximum atomic E-state index is 2.72. The van der Waals surface area contributed by atoms with Crippen molar-refractivity contribution in [3.05, 3.63) is 35.9 Å². The van der Waals surface area contributed by atoms with Gasteiger partial charge in [0.05, 0.1) is 0 Å². The van der Waals surface area contributed by atoms with Crippen LogP contribution < -0.4 is 0 Å². The molecule has 0 bridgehead atoms. The third kappa shape index (κ3) is 3.11. The van der Waals surface area contributed by atoms with E-state index in [9.17, 15) is 0 Å². The van der Waals surface area contributed by atoms with Gasteiger partial charge in [-0.1, -0.05) is 71.9 Å². The smallest absolute Gasteiger partial charge is 0.0320 e. The Balaban J connectivity index is 2.30. The molecule has 124 valence electrons. The van der Waals surface area contributed by atoms with Crippen molar-refractivity contribution in [1.82, 2.24) is 4.90 Å². The van der Waals surface area contributed by atoms with Gasteiger partial charge in [0.25, 0.3) is 0 Å². The highest BCUT2D eigenvalue weighted by molar-refractivity contribution is 5.19. The Hall–Kier alpha value is -0.820. The fourth-order valence-electron chi connectivity index (χ4n) is 4.71. The fraction of sp³-hybridized carbons (Fsp3) is 0.714. The molecule has 1 atom stereocenters. The van der Waals surface area contributed by atoms with Crippen molar-refractivity contribution in [2.24, 2.45) is 16.2 Å². The molecule has 0 aromatic heterocycles. The first-order chi connectivity index (χ1) is 10.1.